The summed E-state index contributed by atoms with van der Waals surface area (Å²) in [4.78, 5) is 19.8. The number of piperidine rings is 1. The third-order valence-corrected chi connectivity index (χ3v) is 6.43. The number of nitrogens with zero attached hydrogens (tertiary/aromatic N) is 6. The number of benzene rings is 1. The average molecular weight is 462 g/mol. The molecule has 3 aromatic heterocycles. The maximum atomic E-state index is 13.4. The summed E-state index contributed by atoms with van der Waals surface area (Å²) in [6.45, 7) is 4.00. The van der Waals surface area contributed by atoms with E-state index in [9.17, 15) is 9.50 Å². The van der Waals surface area contributed by atoms with E-state index in [1.54, 1.807) is 36.8 Å². The highest BCUT2D eigenvalue weighted by molar-refractivity contribution is 5.71. The summed E-state index contributed by atoms with van der Waals surface area (Å²) in [6, 6.07) is 12.1. The van der Waals surface area contributed by atoms with Crippen LogP contribution in [0.2, 0.25) is 0 Å². The topological polar surface area (TPSA) is 92.0 Å². The number of hydrogen-bond acceptors (Lipinski definition) is 7. The predicted molar refractivity (Wildman–Crippen MR) is 128 cm³/mol. The molecule has 0 radical (unpaired) electrons. The van der Waals surface area contributed by atoms with Crippen LogP contribution in [0.15, 0.2) is 61.1 Å². The minimum Gasteiger partial charge on any atom is -0.385 e. The molecule has 4 aromatic rings. The van der Waals surface area contributed by atoms with Crippen LogP contribution in [-0.4, -0.2) is 60.7 Å². The number of hydrogen-bond donors (Lipinski definition) is 2. The number of rotatable bonds is 8. The van der Waals surface area contributed by atoms with Gasteiger partial charge in [0.1, 0.15) is 17.7 Å². The van der Waals surface area contributed by atoms with Gasteiger partial charge in [0.2, 0.25) is 5.95 Å². The van der Waals surface area contributed by atoms with Gasteiger partial charge in [0.25, 0.3) is 0 Å². The number of fused-ring (bicyclic) bond motifs is 1. The first-order valence-electron chi connectivity index (χ1n) is 11.6. The third kappa shape index (κ3) is 5.05. The van der Waals surface area contributed by atoms with Crippen molar-refractivity contribution in [1.82, 2.24) is 29.4 Å². The van der Waals surface area contributed by atoms with E-state index >= 15 is 0 Å². The van der Waals surface area contributed by atoms with E-state index in [1.165, 1.54) is 12.1 Å². The van der Waals surface area contributed by atoms with Gasteiger partial charge in [0.15, 0.2) is 5.65 Å². The molecule has 5 rings (SSSR count). The Bertz CT molecular complexity index is 1210. The highest BCUT2D eigenvalue weighted by Crippen LogP contribution is 2.32. The number of likely N-dealkylation sites (tertiary alicyclic amines) is 1. The van der Waals surface area contributed by atoms with Gasteiger partial charge in [0, 0.05) is 38.2 Å². The molecule has 0 amide bonds. The van der Waals surface area contributed by atoms with Crippen molar-refractivity contribution in [2.45, 2.75) is 25.5 Å². The van der Waals surface area contributed by atoms with Crippen LogP contribution in [0.5, 0.6) is 0 Å². The first-order chi connectivity index (χ1) is 16.7. The van der Waals surface area contributed by atoms with Gasteiger partial charge < -0.3 is 19.9 Å². The van der Waals surface area contributed by atoms with Crippen LogP contribution in [0.25, 0.3) is 11.2 Å². The molecule has 34 heavy (non-hydrogen) atoms. The Morgan fingerprint density at radius 3 is 2.50 bits per heavy atom. The molecule has 176 valence electrons. The first kappa shape index (κ1) is 22.4. The molecule has 0 spiro atoms. The van der Waals surface area contributed by atoms with E-state index in [0.717, 1.165) is 50.1 Å². The van der Waals surface area contributed by atoms with Crippen molar-refractivity contribution in [2.24, 2.45) is 5.92 Å². The van der Waals surface area contributed by atoms with Gasteiger partial charge in [-0.05, 0) is 67.7 Å². The Morgan fingerprint density at radius 2 is 1.74 bits per heavy atom. The van der Waals surface area contributed by atoms with Crippen molar-refractivity contribution in [3.8, 4) is 0 Å². The first-order valence-corrected chi connectivity index (χ1v) is 11.6. The summed E-state index contributed by atoms with van der Waals surface area (Å²) in [5, 5.41) is 14.6. The molecule has 1 atom stereocenters. The fraction of sp³-hybridized carbons (Fsp3) is 0.360. The van der Waals surface area contributed by atoms with Crippen LogP contribution in [0.1, 0.15) is 30.3 Å². The number of anilines is 1. The number of imidazole rings is 1. The molecule has 1 saturated heterocycles. The average Bonchev–Trinajstić information content (AvgIpc) is 3.24. The van der Waals surface area contributed by atoms with E-state index in [0.29, 0.717) is 24.0 Å². The van der Waals surface area contributed by atoms with Crippen LogP contribution in [0, 0.1) is 11.7 Å². The van der Waals surface area contributed by atoms with Crippen molar-refractivity contribution in [2.75, 3.05) is 31.5 Å². The van der Waals surface area contributed by atoms with E-state index in [4.69, 9.17) is 4.98 Å². The molecule has 2 N–H and O–H groups in total. The lowest BCUT2D eigenvalue weighted by Gasteiger charge is -2.34. The fourth-order valence-corrected chi connectivity index (χ4v) is 4.56. The minimum absolute atomic E-state index is 0.116. The van der Waals surface area contributed by atoms with E-state index in [2.05, 4.69) is 25.2 Å². The molecular weight excluding hydrogens is 433 g/mol. The van der Waals surface area contributed by atoms with Crippen molar-refractivity contribution in [3.05, 3.63) is 78.3 Å². The van der Waals surface area contributed by atoms with Gasteiger partial charge in [-0.2, -0.15) is 0 Å². The summed E-state index contributed by atoms with van der Waals surface area (Å²) in [7, 11) is 0. The number of pyridine rings is 1. The largest absolute Gasteiger partial charge is 0.385 e. The van der Waals surface area contributed by atoms with Crippen LogP contribution in [0.3, 0.4) is 0 Å². The molecule has 1 aromatic carbocycles. The summed E-state index contributed by atoms with van der Waals surface area (Å²) in [5.74, 6) is 1.12. The third-order valence-electron chi connectivity index (χ3n) is 6.43. The quantitative estimate of drug-likeness (QED) is 0.416. The van der Waals surface area contributed by atoms with Gasteiger partial charge in [-0.25, -0.2) is 24.3 Å². The molecule has 9 heteroatoms. The molecule has 8 nitrogen and oxygen atoms in total. The zero-order chi connectivity index (χ0) is 23.3. The molecule has 0 bridgehead atoms. The monoisotopic (exact) mass is 461 g/mol. The zero-order valence-corrected chi connectivity index (χ0v) is 18.9. The maximum absolute atomic E-state index is 13.4. The highest BCUT2D eigenvalue weighted by atomic mass is 19.1. The van der Waals surface area contributed by atoms with Gasteiger partial charge in [-0.15, -0.1) is 0 Å². The van der Waals surface area contributed by atoms with Gasteiger partial charge in [-0.1, -0.05) is 12.1 Å². The molecule has 4 heterocycles. The van der Waals surface area contributed by atoms with Gasteiger partial charge in [0.05, 0.1) is 5.52 Å². The number of aliphatic hydroxyl groups is 1. The van der Waals surface area contributed by atoms with Crippen molar-refractivity contribution < 1.29 is 9.50 Å². The summed E-state index contributed by atoms with van der Waals surface area (Å²) < 4.78 is 15.4. The molecule has 1 aliphatic rings. The Morgan fingerprint density at radius 1 is 1.00 bits per heavy atom. The SMILES string of the molecule is OC(c1nc2ncccc2n1Cc1ccc(F)cc1)C1CCN(CCNc2ncccn2)CC1. The second-order valence-electron chi connectivity index (χ2n) is 8.65. The lowest BCUT2D eigenvalue weighted by atomic mass is 9.90. The summed E-state index contributed by atoms with van der Waals surface area (Å²) in [5.41, 5.74) is 2.43. The number of aromatic nitrogens is 5. The maximum Gasteiger partial charge on any atom is 0.222 e. The minimum atomic E-state index is -0.687. The van der Waals surface area contributed by atoms with E-state index in [-0.39, 0.29) is 11.7 Å². The number of nitrogens with one attached hydrogen (secondary N) is 1. The second kappa shape index (κ2) is 10.2. The molecule has 1 aliphatic heterocycles. The molecule has 1 unspecified atom stereocenters. The van der Waals surface area contributed by atoms with Crippen molar-refractivity contribution in [1.29, 1.82) is 0 Å². The smallest absolute Gasteiger partial charge is 0.222 e. The summed E-state index contributed by atoms with van der Waals surface area (Å²) in [6.07, 6.45) is 6.24. The zero-order valence-electron chi connectivity index (χ0n) is 18.9. The number of halogens is 1. The Labute approximate surface area is 197 Å². The standard InChI is InChI=1S/C25H28FN7O/c26-20-6-4-18(5-7-20)17-33-21-3-1-10-27-23(21)31-24(33)22(34)19-8-14-32(15-9-19)16-13-30-25-28-11-2-12-29-25/h1-7,10-12,19,22,34H,8-9,13-17H2,(H,28,29,30). The lowest BCUT2D eigenvalue weighted by molar-refractivity contribution is 0.0521. The van der Waals surface area contributed by atoms with Crippen LogP contribution >= 0.6 is 0 Å². The van der Waals surface area contributed by atoms with E-state index in [1.807, 2.05) is 16.7 Å². The second-order valence-corrected chi connectivity index (χ2v) is 8.65. The van der Waals surface area contributed by atoms with Crippen LogP contribution < -0.4 is 5.32 Å². The van der Waals surface area contributed by atoms with Crippen LogP contribution in [-0.2, 0) is 6.54 Å². The van der Waals surface area contributed by atoms with Crippen molar-refractivity contribution in [3.63, 3.8) is 0 Å². The summed E-state index contributed by atoms with van der Waals surface area (Å²) >= 11 is 0. The fourth-order valence-electron chi connectivity index (χ4n) is 4.56. The predicted octanol–water partition coefficient (Wildman–Crippen LogP) is 3.27. The lowest BCUT2D eigenvalue weighted by Crippen LogP contribution is -2.38. The van der Waals surface area contributed by atoms with Crippen LogP contribution in [0.4, 0.5) is 10.3 Å². The Hall–Kier alpha value is -3.43. The van der Waals surface area contributed by atoms with Gasteiger partial charge >= 0.3 is 0 Å². The Balaban J connectivity index is 1.24. The highest BCUT2D eigenvalue weighted by Gasteiger charge is 2.30. The molecule has 0 saturated carbocycles. The van der Waals surface area contributed by atoms with Crippen molar-refractivity contribution >= 4 is 17.1 Å². The number of aliphatic hydroxyl groups excluding tert-OH is 1. The van der Waals surface area contributed by atoms with Gasteiger partial charge in [-0.3, -0.25) is 0 Å². The molecule has 0 aliphatic carbocycles. The molecular formula is C25H28FN7O. The Kier molecular flexibility index (Phi) is 6.73. The normalized spacial score (nSPS) is 16.1. The van der Waals surface area contributed by atoms with E-state index < -0.39 is 6.10 Å². The molecule has 1 fully saturated rings.